The van der Waals surface area contributed by atoms with Crippen molar-refractivity contribution < 1.29 is 29.3 Å². The molecule has 2 fully saturated rings. The van der Waals surface area contributed by atoms with E-state index in [1.165, 1.54) is 6.07 Å². The molecule has 0 aromatic carbocycles. The first-order valence-corrected chi connectivity index (χ1v) is 9.02. The number of aliphatic hydroxyl groups excluding tert-OH is 3. The summed E-state index contributed by atoms with van der Waals surface area (Å²) in [6, 6.07) is 1.38. The Morgan fingerprint density at radius 1 is 1.31 bits per heavy atom. The summed E-state index contributed by atoms with van der Waals surface area (Å²) in [5.74, 6) is -1.22. The van der Waals surface area contributed by atoms with E-state index in [9.17, 15) is 24.9 Å². The molecule has 0 bridgehead atoms. The molecule has 7 nitrogen and oxygen atoms in total. The van der Waals surface area contributed by atoms with Crippen molar-refractivity contribution in [2.75, 3.05) is 6.61 Å². The van der Waals surface area contributed by atoms with Crippen molar-refractivity contribution in [2.45, 2.75) is 63.3 Å². The van der Waals surface area contributed by atoms with Crippen LogP contribution < -0.4 is 5.63 Å². The zero-order valence-corrected chi connectivity index (χ0v) is 15.1. The van der Waals surface area contributed by atoms with E-state index >= 15 is 0 Å². The molecule has 7 atom stereocenters. The Kier molecular flexibility index (Phi) is 3.68. The summed E-state index contributed by atoms with van der Waals surface area (Å²) in [5, 5.41) is 31.1. The highest BCUT2D eigenvalue weighted by molar-refractivity contribution is 5.81. The molecule has 0 spiro atoms. The normalized spacial score (nSPS) is 42.0. The van der Waals surface area contributed by atoms with Crippen LogP contribution >= 0.6 is 0 Å². The molecule has 2 heterocycles. The summed E-state index contributed by atoms with van der Waals surface area (Å²) in [7, 11) is 0. The third-order valence-electron chi connectivity index (χ3n) is 6.95. The molecule has 142 valence electrons. The largest absolute Gasteiger partial charge is 0.458 e. The molecular formula is C19H24O7. The predicted molar refractivity (Wildman–Crippen MR) is 89.5 cm³/mol. The molecule has 1 saturated carbocycles. The molecule has 7 heteroatoms. The number of ether oxygens (including phenoxy) is 1. The van der Waals surface area contributed by atoms with E-state index in [1.807, 2.05) is 6.92 Å². The lowest BCUT2D eigenvalue weighted by molar-refractivity contribution is -0.156. The van der Waals surface area contributed by atoms with Gasteiger partial charge in [-0.05, 0) is 25.3 Å². The Balaban J connectivity index is 2.02. The molecular weight excluding hydrogens is 340 g/mol. The van der Waals surface area contributed by atoms with Crippen LogP contribution in [-0.4, -0.2) is 40.1 Å². The van der Waals surface area contributed by atoms with Crippen LogP contribution in [0, 0.1) is 11.3 Å². The average Bonchev–Trinajstić information content (AvgIpc) is 2.89. The minimum atomic E-state index is -1.17. The second-order valence-corrected chi connectivity index (χ2v) is 8.39. The van der Waals surface area contributed by atoms with E-state index in [4.69, 9.17) is 9.15 Å². The number of rotatable bonds is 2. The van der Waals surface area contributed by atoms with Crippen LogP contribution in [-0.2, 0) is 14.9 Å². The third kappa shape index (κ3) is 1.94. The van der Waals surface area contributed by atoms with Crippen molar-refractivity contribution in [1.29, 1.82) is 0 Å². The summed E-state index contributed by atoms with van der Waals surface area (Å²) < 4.78 is 10.9. The molecule has 0 amide bonds. The van der Waals surface area contributed by atoms with Crippen LogP contribution in [0.1, 0.15) is 62.5 Å². The summed E-state index contributed by atoms with van der Waals surface area (Å²) in [5.41, 5.74) is -1.24. The monoisotopic (exact) mass is 364 g/mol. The molecule has 1 aromatic rings. The molecule has 3 aliphatic rings. The van der Waals surface area contributed by atoms with Gasteiger partial charge in [-0.25, -0.2) is 4.79 Å². The van der Waals surface area contributed by atoms with Crippen molar-refractivity contribution in [3.8, 4) is 0 Å². The van der Waals surface area contributed by atoms with Crippen LogP contribution in [0.15, 0.2) is 15.3 Å². The molecule has 1 aromatic heterocycles. The second-order valence-electron chi connectivity index (χ2n) is 8.39. The van der Waals surface area contributed by atoms with Gasteiger partial charge in [0.2, 0.25) is 0 Å². The third-order valence-corrected chi connectivity index (χ3v) is 6.95. The predicted octanol–water partition coefficient (Wildman–Crippen LogP) is 0.743. The van der Waals surface area contributed by atoms with Crippen LogP contribution in [0.4, 0.5) is 0 Å². The summed E-state index contributed by atoms with van der Waals surface area (Å²) >= 11 is 0. The van der Waals surface area contributed by atoms with Gasteiger partial charge in [-0.3, -0.25) is 4.79 Å². The second kappa shape index (κ2) is 5.41. The highest BCUT2D eigenvalue weighted by Gasteiger charge is 2.70. The quantitative estimate of drug-likeness (QED) is 0.663. The van der Waals surface area contributed by atoms with Gasteiger partial charge in [0.05, 0.1) is 18.1 Å². The zero-order chi connectivity index (χ0) is 19.0. The molecule has 26 heavy (non-hydrogen) atoms. The molecule has 2 aliphatic carbocycles. The summed E-state index contributed by atoms with van der Waals surface area (Å²) in [6.07, 6.45) is -1.91. The number of aliphatic hydroxyl groups is 3. The van der Waals surface area contributed by atoms with Crippen LogP contribution in [0.3, 0.4) is 0 Å². The smallest absolute Gasteiger partial charge is 0.336 e. The molecule has 4 rings (SSSR count). The van der Waals surface area contributed by atoms with Crippen LogP contribution in [0.2, 0.25) is 0 Å². The SMILES string of the molecule is CC(CO)c1oc(=O)cc2c1[C@@H](O)C1OC(=O)[C@]3(C)C1[C@]2(C)CC[C@@H]3O. The van der Waals surface area contributed by atoms with Gasteiger partial charge < -0.3 is 24.5 Å². The Bertz CT molecular complexity index is 830. The summed E-state index contributed by atoms with van der Waals surface area (Å²) in [4.78, 5) is 24.9. The van der Waals surface area contributed by atoms with Gasteiger partial charge in [-0.1, -0.05) is 13.8 Å². The van der Waals surface area contributed by atoms with Gasteiger partial charge in [0.1, 0.15) is 18.0 Å². The highest BCUT2D eigenvalue weighted by atomic mass is 16.6. The average molecular weight is 364 g/mol. The first-order chi connectivity index (χ1) is 12.2. The van der Waals surface area contributed by atoms with Gasteiger partial charge in [0, 0.05) is 28.9 Å². The van der Waals surface area contributed by atoms with Crippen molar-refractivity contribution >= 4 is 5.97 Å². The fraction of sp³-hybridized carbons (Fsp3) is 0.684. The molecule has 3 N–H and O–H groups in total. The van der Waals surface area contributed by atoms with E-state index in [0.717, 1.165) is 0 Å². The maximum atomic E-state index is 12.6. The van der Waals surface area contributed by atoms with Gasteiger partial charge in [-0.2, -0.15) is 0 Å². The fourth-order valence-corrected chi connectivity index (χ4v) is 5.51. The number of hydrogen-bond acceptors (Lipinski definition) is 7. The van der Waals surface area contributed by atoms with Crippen molar-refractivity contribution in [3.05, 3.63) is 33.4 Å². The van der Waals surface area contributed by atoms with E-state index in [2.05, 4.69) is 0 Å². The van der Waals surface area contributed by atoms with Crippen molar-refractivity contribution in [3.63, 3.8) is 0 Å². The lowest BCUT2D eigenvalue weighted by Crippen LogP contribution is -2.58. The van der Waals surface area contributed by atoms with Crippen molar-refractivity contribution in [2.24, 2.45) is 11.3 Å². The number of fused-ring (bicyclic) bond motifs is 2. The summed E-state index contributed by atoms with van der Waals surface area (Å²) in [6.45, 7) is 5.10. The lowest BCUT2D eigenvalue weighted by Gasteiger charge is -2.53. The minimum absolute atomic E-state index is 0.234. The number of esters is 1. The maximum Gasteiger partial charge on any atom is 0.336 e. The molecule has 0 radical (unpaired) electrons. The topological polar surface area (TPSA) is 117 Å². The van der Waals surface area contributed by atoms with Crippen LogP contribution in [0.5, 0.6) is 0 Å². The minimum Gasteiger partial charge on any atom is -0.458 e. The highest BCUT2D eigenvalue weighted by Crippen LogP contribution is 2.63. The van der Waals surface area contributed by atoms with E-state index in [1.54, 1.807) is 13.8 Å². The first-order valence-electron chi connectivity index (χ1n) is 9.02. The van der Waals surface area contributed by atoms with E-state index < -0.39 is 52.6 Å². The number of hydrogen-bond donors (Lipinski definition) is 3. The van der Waals surface area contributed by atoms with Gasteiger partial charge >= 0.3 is 11.6 Å². The van der Waals surface area contributed by atoms with E-state index in [0.29, 0.717) is 24.0 Å². The Labute approximate surface area is 150 Å². The van der Waals surface area contributed by atoms with Gasteiger partial charge in [0.15, 0.2) is 0 Å². The molecule has 1 aliphatic heterocycles. The van der Waals surface area contributed by atoms with Crippen LogP contribution in [0.25, 0.3) is 0 Å². The fourth-order valence-electron chi connectivity index (χ4n) is 5.51. The van der Waals surface area contributed by atoms with E-state index in [-0.39, 0.29) is 12.4 Å². The molecule has 3 unspecified atom stereocenters. The van der Waals surface area contributed by atoms with Crippen molar-refractivity contribution in [1.82, 2.24) is 0 Å². The zero-order valence-electron chi connectivity index (χ0n) is 15.1. The Morgan fingerprint density at radius 3 is 2.65 bits per heavy atom. The lowest BCUT2D eigenvalue weighted by atomic mass is 9.48. The standard InChI is InChI=1S/C19H24O7/c1-8(7-20)14-12-9(6-11(22)25-14)18(2)5-4-10(21)19(3)16(18)15(13(12)23)26-17(19)24/h6,8,10,13,15-16,20-21,23H,4-5,7H2,1-3H3/t8?,10-,13+,15?,16?,18+,19-/m0/s1. The Hall–Kier alpha value is -1.70. The number of carbonyl (C=O) groups is 1. The first kappa shape index (κ1) is 17.7. The maximum absolute atomic E-state index is 12.6. The molecule has 1 saturated heterocycles. The Morgan fingerprint density at radius 2 is 2.00 bits per heavy atom. The van der Waals surface area contributed by atoms with Gasteiger partial charge in [-0.15, -0.1) is 0 Å². The number of carbonyl (C=O) groups excluding carboxylic acids is 1. The van der Waals surface area contributed by atoms with Gasteiger partial charge in [0.25, 0.3) is 0 Å².